The highest BCUT2D eigenvalue weighted by Crippen LogP contribution is 2.34. The molecule has 0 saturated carbocycles. The first-order valence-corrected chi connectivity index (χ1v) is 13.7. The number of piperazine rings is 1. The third-order valence-corrected chi connectivity index (χ3v) is 7.50. The van der Waals surface area contributed by atoms with Crippen LogP contribution >= 0.6 is 0 Å². The minimum absolute atomic E-state index is 0.0267. The Morgan fingerprint density at radius 1 is 1.02 bits per heavy atom. The van der Waals surface area contributed by atoms with Gasteiger partial charge in [-0.1, -0.05) is 0 Å². The minimum Gasteiger partial charge on any atom is -0.474 e. The van der Waals surface area contributed by atoms with Crippen LogP contribution in [0.15, 0.2) is 59.8 Å². The molecular formula is C29H31N9O4. The lowest BCUT2D eigenvalue weighted by atomic mass is 10.1. The number of anilines is 5. The van der Waals surface area contributed by atoms with Crippen LogP contribution in [-0.4, -0.2) is 75.8 Å². The van der Waals surface area contributed by atoms with E-state index in [9.17, 15) is 14.4 Å². The molecule has 2 aliphatic heterocycles. The van der Waals surface area contributed by atoms with Crippen LogP contribution in [0.3, 0.4) is 0 Å². The molecule has 1 aromatic carbocycles. The van der Waals surface area contributed by atoms with Crippen LogP contribution in [0.1, 0.15) is 26.4 Å². The summed E-state index contributed by atoms with van der Waals surface area (Å²) in [5.41, 5.74) is 4.19. The fraction of sp³-hybridized carbons (Fsp3) is 0.276. The summed E-state index contributed by atoms with van der Waals surface area (Å²) in [5, 5.41) is 13.4. The van der Waals surface area contributed by atoms with Crippen molar-refractivity contribution in [3.63, 3.8) is 0 Å². The number of fused-ring (bicyclic) bond motifs is 1. The van der Waals surface area contributed by atoms with E-state index in [4.69, 9.17) is 4.74 Å². The molecule has 0 unspecified atom stereocenters. The lowest BCUT2D eigenvalue weighted by Gasteiger charge is -2.36. The van der Waals surface area contributed by atoms with E-state index in [1.165, 1.54) is 6.20 Å². The Morgan fingerprint density at radius 3 is 2.55 bits per heavy atom. The highest BCUT2D eigenvalue weighted by molar-refractivity contribution is 6.08. The molecule has 1 fully saturated rings. The topological polar surface area (TPSA) is 150 Å². The SMILES string of the molecule is Cc1c(Nc2cc[nH]c(=O)c2C(=O)Nc2ccc(N3CCN(C(=O)c4ccnn4C)CC3)cc2)cnc2c1NCCO2. The molecule has 13 nitrogen and oxygen atoms in total. The second-order valence-electron chi connectivity index (χ2n) is 10.1. The molecule has 0 atom stereocenters. The first-order valence-electron chi connectivity index (χ1n) is 13.7. The standard InChI is InChI=1S/C29H31N9O4/c1-18-22(17-32-28-25(18)30-11-16-42-28)35-21-7-9-31-26(39)24(21)27(40)34-19-3-5-20(6-4-19)37-12-14-38(15-13-37)29(41)23-8-10-33-36(23)2/h3-10,17,30H,11-16H2,1-2H3,(H,34,40)(H2,31,35,39). The molecule has 4 aromatic rings. The average Bonchev–Trinajstić information content (AvgIpc) is 3.44. The van der Waals surface area contributed by atoms with Gasteiger partial charge in [0.15, 0.2) is 0 Å². The molecular weight excluding hydrogens is 538 g/mol. The number of rotatable bonds is 6. The van der Waals surface area contributed by atoms with Gasteiger partial charge in [-0.15, -0.1) is 0 Å². The number of benzene rings is 1. The third kappa shape index (κ3) is 5.23. The Morgan fingerprint density at radius 2 is 1.81 bits per heavy atom. The number of amides is 2. The maximum absolute atomic E-state index is 13.3. The number of carbonyl (C=O) groups is 2. The van der Waals surface area contributed by atoms with E-state index in [1.54, 1.807) is 48.4 Å². The second-order valence-corrected chi connectivity index (χ2v) is 10.1. The highest BCUT2D eigenvalue weighted by Gasteiger charge is 2.24. The van der Waals surface area contributed by atoms with Crippen molar-refractivity contribution in [3.8, 4) is 5.88 Å². The van der Waals surface area contributed by atoms with E-state index in [-0.39, 0.29) is 11.5 Å². The van der Waals surface area contributed by atoms with Gasteiger partial charge < -0.3 is 35.5 Å². The van der Waals surface area contributed by atoms with Gasteiger partial charge in [-0.05, 0) is 43.3 Å². The molecule has 216 valence electrons. The van der Waals surface area contributed by atoms with Crippen molar-refractivity contribution in [1.82, 2.24) is 24.6 Å². The van der Waals surface area contributed by atoms with E-state index < -0.39 is 11.5 Å². The molecule has 0 spiro atoms. The van der Waals surface area contributed by atoms with Gasteiger partial charge in [0.25, 0.3) is 17.4 Å². The van der Waals surface area contributed by atoms with Gasteiger partial charge in [0.2, 0.25) is 5.88 Å². The summed E-state index contributed by atoms with van der Waals surface area (Å²) >= 11 is 0. The summed E-state index contributed by atoms with van der Waals surface area (Å²) in [6.45, 7) is 5.67. The predicted octanol–water partition coefficient (Wildman–Crippen LogP) is 2.57. The van der Waals surface area contributed by atoms with Crippen molar-refractivity contribution < 1.29 is 14.3 Å². The van der Waals surface area contributed by atoms with E-state index >= 15 is 0 Å². The van der Waals surface area contributed by atoms with Crippen molar-refractivity contribution >= 4 is 40.3 Å². The largest absolute Gasteiger partial charge is 0.474 e. The van der Waals surface area contributed by atoms with Crippen molar-refractivity contribution in [2.24, 2.45) is 7.05 Å². The van der Waals surface area contributed by atoms with Gasteiger partial charge in [0.1, 0.15) is 23.6 Å². The van der Waals surface area contributed by atoms with E-state index in [0.717, 1.165) is 16.9 Å². The van der Waals surface area contributed by atoms with Gasteiger partial charge in [0, 0.05) is 69.1 Å². The zero-order chi connectivity index (χ0) is 29.2. The molecule has 0 radical (unpaired) electrons. The number of H-pyrrole nitrogens is 1. The predicted molar refractivity (Wildman–Crippen MR) is 159 cm³/mol. The molecule has 13 heteroatoms. The van der Waals surface area contributed by atoms with Crippen molar-refractivity contribution in [2.75, 3.05) is 60.2 Å². The van der Waals surface area contributed by atoms with Crippen LogP contribution in [0.4, 0.5) is 28.4 Å². The fourth-order valence-electron chi connectivity index (χ4n) is 5.16. The summed E-state index contributed by atoms with van der Waals surface area (Å²) in [6, 6.07) is 10.8. The van der Waals surface area contributed by atoms with Gasteiger partial charge in [-0.2, -0.15) is 5.10 Å². The normalized spacial score (nSPS) is 14.4. The van der Waals surface area contributed by atoms with Crippen LogP contribution in [-0.2, 0) is 7.05 Å². The molecule has 0 aliphatic carbocycles. The number of aryl methyl sites for hydroxylation is 1. The monoisotopic (exact) mass is 569 g/mol. The zero-order valence-electron chi connectivity index (χ0n) is 23.3. The Bertz CT molecular complexity index is 1690. The Kier molecular flexibility index (Phi) is 7.21. The zero-order valence-corrected chi connectivity index (χ0v) is 23.3. The summed E-state index contributed by atoms with van der Waals surface area (Å²) in [6.07, 6.45) is 4.73. The molecule has 0 bridgehead atoms. The number of ether oxygens (including phenoxy) is 1. The number of nitrogens with one attached hydrogen (secondary N) is 4. The molecule has 5 heterocycles. The quantitative estimate of drug-likeness (QED) is 0.275. The number of pyridine rings is 2. The molecule has 4 N–H and O–H groups in total. The van der Waals surface area contributed by atoms with Crippen molar-refractivity contribution in [3.05, 3.63) is 82.2 Å². The van der Waals surface area contributed by atoms with Gasteiger partial charge in [0.05, 0.1) is 17.6 Å². The number of hydrogen-bond donors (Lipinski definition) is 4. The minimum atomic E-state index is -0.542. The number of nitrogens with zero attached hydrogens (tertiary/aromatic N) is 5. The summed E-state index contributed by atoms with van der Waals surface area (Å²) < 4.78 is 7.18. The third-order valence-electron chi connectivity index (χ3n) is 7.50. The van der Waals surface area contributed by atoms with Crippen LogP contribution in [0.25, 0.3) is 0 Å². The average molecular weight is 570 g/mol. The highest BCUT2D eigenvalue weighted by atomic mass is 16.5. The maximum Gasteiger partial charge on any atom is 0.272 e. The Hall–Kier alpha value is -5.33. The molecule has 1 saturated heterocycles. The van der Waals surface area contributed by atoms with Crippen molar-refractivity contribution in [1.29, 1.82) is 0 Å². The van der Waals surface area contributed by atoms with E-state index in [1.807, 2.05) is 24.0 Å². The number of carbonyl (C=O) groups excluding carboxylic acids is 2. The summed E-state index contributed by atoms with van der Waals surface area (Å²) in [7, 11) is 1.76. The summed E-state index contributed by atoms with van der Waals surface area (Å²) in [5.74, 6) is -0.0442. The Balaban J connectivity index is 1.12. The van der Waals surface area contributed by atoms with E-state index in [0.29, 0.717) is 68.0 Å². The maximum atomic E-state index is 13.3. The van der Waals surface area contributed by atoms with Crippen LogP contribution < -0.4 is 31.1 Å². The van der Waals surface area contributed by atoms with Crippen LogP contribution in [0, 0.1) is 6.92 Å². The Labute approximate surface area is 241 Å². The first kappa shape index (κ1) is 26.9. The fourth-order valence-corrected chi connectivity index (χ4v) is 5.16. The molecule has 42 heavy (non-hydrogen) atoms. The first-order chi connectivity index (χ1) is 20.4. The van der Waals surface area contributed by atoms with Crippen LogP contribution in [0.5, 0.6) is 5.88 Å². The lowest BCUT2D eigenvalue weighted by molar-refractivity contribution is 0.0735. The van der Waals surface area contributed by atoms with E-state index in [2.05, 4.69) is 35.9 Å². The molecule has 2 amide bonds. The van der Waals surface area contributed by atoms with Crippen LogP contribution in [0.2, 0.25) is 0 Å². The molecule has 6 rings (SSSR count). The number of aromatic amines is 1. The lowest BCUT2D eigenvalue weighted by Crippen LogP contribution is -2.49. The summed E-state index contributed by atoms with van der Waals surface area (Å²) in [4.78, 5) is 49.8. The molecule has 2 aliphatic rings. The van der Waals surface area contributed by atoms with Gasteiger partial charge in [-0.25, -0.2) is 4.98 Å². The smallest absolute Gasteiger partial charge is 0.272 e. The van der Waals surface area contributed by atoms with Gasteiger partial charge in [-0.3, -0.25) is 19.1 Å². The number of hydrogen-bond acceptors (Lipinski definition) is 9. The number of aromatic nitrogens is 4. The van der Waals surface area contributed by atoms with Crippen molar-refractivity contribution in [2.45, 2.75) is 6.92 Å². The second kappa shape index (κ2) is 11.3. The van der Waals surface area contributed by atoms with Gasteiger partial charge >= 0.3 is 0 Å². The molecule has 3 aromatic heterocycles.